The number of ether oxygens (including phenoxy) is 2. The Balaban J connectivity index is 1.48. The number of piperidine rings is 1. The number of rotatable bonds is 4. The van der Waals surface area contributed by atoms with Gasteiger partial charge in [0.05, 0.1) is 12.2 Å². The zero-order valence-electron chi connectivity index (χ0n) is 18.7. The molecule has 3 heterocycles. The number of ketones is 1. The fourth-order valence-electron chi connectivity index (χ4n) is 3.68. The van der Waals surface area contributed by atoms with Crippen molar-refractivity contribution in [2.45, 2.75) is 52.2 Å². The molecule has 0 radical (unpaired) electrons. The van der Waals surface area contributed by atoms with Crippen LogP contribution >= 0.6 is 0 Å². The van der Waals surface area contributed by atoms with Gasteiger partial charge in [0.15, 0.2) is 11.4 Å². The Bertz CT molecular complexity index is 1130. The van der Waals surface area contributed by atoms with Crippen LogP contribution in [0, 0.1) is 0 Å². The molecule has 0 unspecified atom stereocenters. The Kier molecular flexibility index (Phi) is 5.82. The summed E-state index contributed by atoms with van der Waals surface area (Å²) >= 11 is 0. The Hall–Kier alpha value is -3.49. The summed E-state index contributed by atoms with van der Waals surface area (Å²) < 4.78 is 13.3. The molecule has 1 aliphatic rings. The molecule has 1 saturated heterocycles. The van der Waals surface area contributed by atoms with Crippen LogP contribution < -0.4 is 4.74 Å². The van der Waals surface area contributed by atoms with Gasteiger partial charge < -0.3 is 14.4 Å². The van der Waals surface area contributed by atoms with Gasteiger partial charge in [-0.3, -0.25) is 4.79 Å². The molecule has 3 aromatic rings. The maximum atomic E-state index is 12.3. The molecule has 0 aliphatic carbocycles. The van der Waals surface area contributed by atoms with Gasteiger partial charge >= 0.3 is 6.09 Å². The van der Waals surface area contributed by atoms with Gasteiger partial charge in [-0.2, -0.15) is 5.10 Å². The molecule has 0 atom stereocenters. The van der Waals surface area contributed by atoms with Gasteiger partial charge in [0.2, 0.25) is 5.88 Å². The summed E-state index contributed by atoms with van der Waals surface area (Å²) in [6.45, 7) is 8.31. The van der Waals surface area contributed by atoms with Crippen molar-refractivity contribution in [1.29, 1.82) is 0 Å². The normalized spacial score (nSPS) is 15.1. The van der Waals surface area contributed by atoms with Crippen LogP contribution in [-0.4, -0.2) is 55.2 Å². The van der Waals surface area contributed by atoms with Crippen molar-refractivity contribution in [3.63, 3.8) is 0 Å². The smallest absolute Gasteiger partial charge is 0.410 e. The minimum atomic E-state index is -0.508. The van der Waals surface area contributed by atoms with Gasteiger partial charge in [0, 0.05) is 18.7 Å². The maximum absolute atomic E-state index is 12.3. The number of fused-ring (bicyclic) bond motifs is 1. The highest BCUT2D eigenvalue weighted by Crippen LogP contribution is 2.31. The number of hydrogen-bond acceptors (Lipinski definition) is 7. The van der Waals surface area contributed by atoms with Crippen LogP contribution in [-0.2, 0) is 4.74 Å². The van der Waals surface area contributed by atoms with Crippen LogP contribution in [0.1, 0.15) is 56.9 Å². The summed E-state index contributed by atoms with van der Waals surface area (Å²) in [5, 5.41) is 5.25. The first-order chi connectivity index (χ1) is 15.2. The average Bonchev–Trinajstić information content (AvgIpc) is 3.18. The summed E-state index contributed by atoms with van der Waals surface area (Å²) in [7, 11) is 0. The van der Waals surface area contributed by atoms with E-state index in [1.54, 1.807) is 35.4 Å². The van der Waals surface area contributed by atoms with Gasteiger partial charge in [0.25, 0.3) is 0 Å². The summed E-state index contributed by atoms with van der Waals surface area (Å²) in [4.78, 5) is 34.2. The molecule has 1 amide bonds. The number of nitrogens with zero attached hydrogens (tertiary/aromatic N) is 5. The van der Waals surface area contributed by atoms with E-state index >= 15 is 0 Å². The van der Waals surface area contributed by atoms with Crippen LogP contribution in [0.4, 0.5) is 4.79 Å². The number of Topliss-reactive ketones (excluding diaryl/α,β-unsaturated/α-hetero) is 1. The fourth-order valence-corrected chi connectivity index (χ4v) is 3.68. The third kappa shape index (κ3) is 4.71. The first kappa shape index (κ1) is 21.7. The molecule has 9 nitrogen and oxygen atoms in total. The third-order valence-corrected chi connectivity index (χ3v) is 5.29. The lowest BCUT2D eigenvalue weighted by Gasteiger charge is -2.33. The van der Waals surface area contributed by atoms with Crippen LogP contribution in [0.15, 0.2) is 36.8 Å². The van der Waals surface area contributed by atoms with E-state index in [2.05, 4.69) is 15.1 Å². The molecule has 0 saturated carbocycles. The lowest BCUT2D eigenvalue weighted by Crippen LogP contribution is -2.42. The monoisotopic (exact) mass is 437 g/mol. The number of benzene rings is 1. The Morgan fingerprint density at radius 3 is 2.38 bits per heavy atom. The van der Waals surface area contributed by atoms with Crippen LogP contribution in [0.2, 0.25) is 0 Å². The minimum Gasteiger partial charge on any atom is -0.444 e. The quantitative estimate of drug-likeness (QED) is 0.558. The molecule has 9 heteroatoms. The number of carbonyl (C=O) groups is 2. The molecular weight excluding hydrogens is 410 g/mol. The second kappa shape index (κ2) is 8.57. The lowest BCUT2D eigenvalue weighted by atomic mass is 10.1. The second-order valence-corrected chi connectivity index (χ2v) is 8.89. The molecule has 4 rings (SSSR count). The van der Waals surface area contributed by atoms with Crippen molar-refractivity contribution in [2.75, 3.05) is 13.1 Å². The zero-order valence-corrected chi connectivity index (χ0v) is 18.7. The van der Waals surface area contributed by atoms with E-state index in [0.717, 1.165) is 12.8 Å². The van der Waals surface area contributed by atoms with E-state index in [9.17, 15) is 9.59 Å². The molecule has 1 aliphatic heterocycles. The first-order valence-electron chi connectivity index (χ1n) is 10.7. The van der Waals surface area contributed by atoms with Crippen molar-refractivity contribution in [2.24, 2.45) is 0 Å². The topological polar surface area (TPSA) is 99.4 Å². The van der Waals surface area contributed by atoms with Gasteiger partial charge in [0.1, 0.15) is 23.1 Å². The minimum absolute atomic E-state index is 0.0000286. The molecule has 0 N–H and O–H groups in total. The second-order valence-electron chi connectivity index (χ2n) is 8.89. The average molecular weight is 438 g/mol. The highest BCUT2D eigenvalue weighted by atomic mass is 16.6. The predicted octanol–water partition coefficient (Wildman–Crippen LogP) is 4.39. The Labute approximate surface area is 186 Å². The van der Waals surface area contributed by atoms with Gasteiger partial charge in [-0.1, -0.05) is 0 Å². The summed E-state index contributed by atoms with van der Waals surface area (Å²) in [6, 6.07) is 7.03. The number of likely N-dealkylation sites (tertiary alicyclic amines) is 1. The van der Waals surface area contributed by atoms with Crippen molar-refractivity contribution < 1.29 is 19.1 Å². The highest BCUT2D eigenvalue weighted by molar-refractivity contribution is 5.94. The van der Waals surface area contributed by atoms with Crippen LogP contribution in [0.3, 0.4) is 0 Å². The van der Waals surface area contributed by atoms with Crippen LogP contribution in [0.5, 0.6) is 11.6 Å². The molecule has 1 fully saturated rings. The first-order valence-corrected chi connectivity index (χ1v) is 10.7. The van der Waals surface area contributed by atoms with E-state index < -0.39 is 5.60 Å². The number of amides is 1. The maximum Gasteiger partial charge on any atom is 0.410 e. The number of carbonyl (C=O) groups excluding carboxylic acids is 2. The molecule has 2 aromatic heterocycles. The highest BCUT2D eigenvalue weighted by Gasteiger charge is 2.29. The molecule has 1 aromatic carbocycles. The van der Waals surface area contributed by atoms with E-state index in [4.69, 9.17) is 9.47 Å². The van der Waals surface area contributed by atoms with E-state index in [-0.39, 0.29) is 17.9 Å². The third-order valence-electron chi connectivity index (χ3n) is 5.29. The van der Waals surface area contributed by atoms with E-state index in [1.165, 1.54) is 13.3 Å². The van der Waals surface area contributed by atoms with Gasteiger partial charge in [-0.15, -0.1) is 0 Å². The van der Waals surface area contributed by atoms with E-state index in [1.807, 2.05) is 25.5 Å². The standard InChI is InChI=1S/C23H27N5O4/c1-15(29)16-5-7-18(8-6-16)31-21-19-13-26-28(20(19)24-14-25-21)17-9-11-27(12-10-17)22(30)32-23(2,3)4/h5-8,13-14,17H,9-12H2,1-4H3. The summed E-state index contributed by atoms with van der Waals surface area (Å²) in [5.74, 6) is 0.983. The number of aromatic nitrogens is 4. The number of hydrogen-bond donors (Lipinski definition) is 0. The molecule has 0 spiro atoms. The van der Waals surface area contributed by atoms with Crippen molar-refractivity contribution in [1.82, 2.24) is 24.6 Å². The SMILES string of the molecule is CC(=O)c1ccc(Oc2ncnc3c2cnn3C2CCN(C(=O)OC(C)(C)C)CC2)cc1. The largest absolute Gasteiger partial charge is 0.444 e. The van der Waals surface area contributed by atoms with E-state index in [0.29, 0.717) is 41.3 Å². The molecule has 168 valence electrons. The summed E-state index contributed by atoms with van der Waals surface area (Å²) in [5.41, 5.74) is 0.799. The molecule has 0 bridgehead atoms. The summed E-state index contributed by atoms with van der Waals surface area (Å²) in [6.07, 6.45) is 4.38. The molecule has 32 heavy (non-hydrogen) atoms. The Morgan fingerprint density at radius 2 is 1.75 bits per heavy atom. The fraction of sp³-hybridized carbons (Fsp3) is 0.435. The van der Waals surface area contributed by atoms with Crippen molar-refractivity contribution in [3.8, 4) is 11.6 Å². The zero-order chi connectivity index (χ0) is 22.9. The van der Waals surface area contributed by atoms with Crippen molar-refractivity contribution in [3.05, 3.63) is 42.4 Å². The van der Waals surface area contributed by atoms with Crippen LogP contribution in [0.25, 0.3) is 11.0 Å². The predicted molar refractivity (Wildman–Crippen MR) is 118 cm³/mol. The van der Waals surface area contributed by atoms with Gasteiger partial charge in [-0.05, 0) is 64.8 Å². The Morgan fingerprint density at radius 1 is 1.06 bits per heavy atom. The molecular formula is C23H27N5O4. The lowest BCUT2D eigenvalue weighted by molar-refractivity contribution is 0.0186. The van der Waals surface area contributed by atoms with Gasteiger partial charge in [-0.25, -0.2) is 19.4 Å². The van der Waals surface area contributed by atoms with Crippen molar-refractivity contribution >= 4 is 22.9 Å².